The molecule has 4 rings (SSSR count). The fourth-order valence-corrected chi connectivity index (χ4v) is 4.77. The molecule has 0 saturated heterocycles. The van der Waals surface area contributed by atoms with E-state index < -0.39 is 27.5 Å². The lowest BCUT2D eigenvalue weighted by Crippen LogP contribution is -2.34. The molecule has 2 aliphatic rings. The highest BCUT2D eigenvalue weighted by molar-refractivity contribution is 7.90. The Bertz CT molecular complexity index is 1270. The van der Waals surface area contributed by atoms with Crippen molar-refractivity contribution in [3.05, 3.63) is 53.1 Å². The minimum atomic E-state index is -3.67. The summed E-state index contributed by atoms with van der Waals surface area (Å²) in [7, 11) is -2.19. The third kappa shape index (κ3) is 6.14. The predicted octanol–water partition coefficient (Wildman–Crippen LogP) is 4.21. The summed E-state index contributed by atoms with van der Waals surface area (Å²) in [6, 6.07) is 7.93. The van der Waals surface area contributed by atoms with Gasteiger partial charge in [-0.3, -0.25) is 9.59 Å². The molecule has 0 aromatic heterocycles. The third-order valence-corrected chi connectivity index (χ3v) is 6.46. The summed E-state index contributed by atoms with van der Waals surface area (Å²) < 4.78 is 51.3. The lowest BCUT2D eigenvalue weighted by atomic mass is 10.1. The largest absolute Gasteiger partial charge is 0.493 e. The first kappa shape index (κ1) is 23.7. The second-order valence-corrected chi connectivity index (χ2v) is 10.5. The summed E-state index contributed by atoms with van der Waals surface area (Å²) in [5.74, 6) is -0.497. The van der Waals surface area contributed by atoms with Crippen molar-refractivity contribution in [1.29, 1.82) is 0 Å². The maximum absolute atomic E-state index is 13.6. The zero-order valence-electron chi connectivity index (χ0n) is 22.6. The first-order valence-corrected chi connectivity index (χ1v) is 13.6. The lowest BCUT2D eigenvalue weighted by molar-refractivity contribution is -0.117. The number of sulfone groups is 1. The summed E-state index contributed by atoms with van der Waals surface area (Å²) in [4.78, 5) is 27.2. The van der Waals surface area contributed by atoms with Gasteiger partial charge in [-0.05, 0) is 49.1 Å². The number of anilines is 1. The normalized spacial score (nSPS) is 17.3. The van der Waals surface area contributed by atoms with E-state index >= 15 is 0 Å². The Morgan fingerprint density at radius 2 is 2.00 bits per heavy atom. The number of carbonyl (C=O) groups excluding carboxylic acids is 2. The van der Waals surface area contributed by atoms with Gasteiger partial charge in [-0.1, -0.05) is 32.0 Å². The van der Waals surface area contributed by atoms with Gasteiger partial charge in [-0.15, -0.1) is 0 Å². The zero-order valence-corrected chi connectivity index (χ0v) is 21.4. The first-order chi connectivity index (χ1) is 17.5. The van der Waals surface area contributed by atoms with E-state index in [1.807, 2.05) is 0 Å². The van der Waals surface area contributed by atoms with Crippen LogP contribution in [-0.2, 0) is 21.2 Å². The highest BCUT2D eigenvalue weighted by Crippen LogP contribution is 2.39. The Kier molecular flexibility index (Phi) is 7.51. The maximum Gasteiger partial charge on any atom is 0.257 e. The van der Waals surface area contributed by atoms with Gasteiger partial charge >= 0.3 is 0 Å². The SMILES string of the molecule is [2H]CC.[2H][C@@](CS(C)(=O)=O)(c1ccc(OC)c(OCC)c1)N1Cc2cccc(NC(=O)C3CC3)c2C1=O. The molecule has 8 nitrogen and oxygen atoms in total. The molecule has 1 heterocycles. The molecule has 0 unspecified atom stereocenters. The van der Waals surface area contributed by atoms with Gasteiger partial charge in [-0.2, -0.15) is 0 Å². The second kappa shape index (κ2) is 11.1. The Morgan fingerprint density at radius 3 is 2.60 bits per heavy atom. The Morgan fingerprint density at radius 1 is 1.29 bits per heavy atom. The highest BCUT2D eigenvalue weighted by Gasteiger charge is 2.38. The maximum atomic E-state index is 13.6. The van der Waals surface area contributed by atoms with Crippen LogP contribution in [0.2, 0.25) is 0 Å². The summed E-state index contributed by atoms with van der Waals surface area (Å²) in [6.45, 7) is 4.47. The number of fused-ring (bicyclic) bond motifs is 1. The lowest BCUT2D eigenvalue weighted by Gasteiger charge is -2.28. The fraction of sp³-hybridized carbons (Fsp3) is 0.462. The second-order valence-electron chi connectivity index (χ2n) is 8.31. The van der Waals surface area contributed by atoms with Crippen LogP contribution in [0.25, 0.3) is 0 Å². The molecule has 1 aliphatic heterocycles. The van der Waals surface area contributed by atoms with E-state index in [0.717, 1.165) is 19.1 Å². The van der Waals surface area contributed by atoms with Crippen LogP contribution in [0.1, 0.15) is 63.8 Å². The highest BCUT2D eigenvalue weighted by atomic mass is 32.2. The van der Waals surface area contributed by atoms with Crippen LogP contribution < -0.4 is 14.8 Å². The molecular formula is C26H34N2O6S. The minimum Gasteiger partial charge on any atom is -0.493 e. The smallest absolute Gasteiger partial charge is 0.257 e. The van der Waals surface area contributed by atoms with Crippen molar-refractivity contribution in [2.75, 3.05) is 31.0 Å². The van der Waals surface area contributed by atoms with E-state index in [4.69, 9.17) is 10.8 Å². The number of benzene rings is 2. The van der Waals surface area contributed by atoms with Crippen LogP contribution in [0.3, 0.4) is 0 Å². The number of nitrogens with zero attached hydrogens (tertiary/aromatic N) is 1. The number of methoxy groups -OCH3 is 1. The van der Waals surface area contributed by atoms with Crippen molar-refractivity contribution in [3.8, 4) is 11.5 Å². The van der Waals surface area contributed by atoms with Gasteiger partial charge in [0.1, 0.15) is 9.84 Å². The molecule has 0 radical (unpaired) electrons. The van der Waals surface area contributed by atoms with Crippen LogP contribution in [0.5, 0.6) is 11.5 Å². The molecule has 1 fully saturated rings. The van der Waals surface area contributed by atoms with E-state index in [2.05, 4.69) is 5.32 Å². The number of carbonyl (C=O) groups is 2. The van der Waals surface area contributed by atoms with Gasteiger partial charge in [0.15, 0.2) is 11.5 Å². The van der Waals surface area contributed by atoms with Crippen molar-refractivity contribution in [1.82, 2.24) is 4.90 Å². The number of amides is 2. The minimum absolute atomic E-state index is 0.0380. The molecule has 1 N–H and O–H groups in total. The third-order valence-electron chi connectivity index (χ3n) is 5.67. The molecule has 0 spiro atoms. The molecular weight excluding hydrogens is 468 g/mol. The topological polar surface area (TPSA) is 102 Å². The molecule has 1 saturated carbocycles. The summed E-state index contributed by atoms with van der Waals surface area (Å²) in [6.07, 6.45) is 2.69. The van der Waals surface area contributed by atoms with Crippen molar-refractivity contribution in [3.63, 3.8) is 0 Å². The van der Waals surface area contributed by atoms with Gasteiger partial charge in [-0.25, -0.2) is 8.42 Å². The number of rotatable bonds is 9. The number of nitrogens with one attached hydrogen (secondary N) is 1. The van der Waals surface area contributed by atoms with Crippen molar-refractivity contribution in [2.45, 2.75) is 46.2 Å². The molecule has 2 amide bonds. The van der Waals surface area contributed by atoms with Gasteiger partial charge in [0.2, 0.25) is 5.91 Å². The molecule has 2 aromatic rings. The van der Waals surface area contributed by atoms with Crippen LogP contribution >= 0.6 is 0 Å². The van der Waals surface area contributed by atoms with Gasteiger partial charge in [0, 0.05) is 20.1 Å². The monoisotopic (exact) mass is 504 g/mol. The molecule has 0 bridgehead atoms. The van der Waals surface area contributed by atoms with E-state index in [1.165, 1.54) is 12.0 Å². The van der Waals surface area contributed by atoms with Crippen molar-refractivity contribution in [2.24, 2.45) is 5.92 Å². The van der Waals surface area contributed by atoms with E-state index in [9.17, 15) is 19.4 Å². The van der Waals surface area contributed by atoms with Gasteiger partial charge in [0.05, 0.1) is 38.1 Å². The van der Waals surface area contributed by atoms with Crippen LogP contribution in [-0.4, -0.2) is 50.9 Å². The van der Waals surface area contributed by atoms with Crippen LogP contribution in [0.15, 0.2) is 36.4 Å². The summed E-state index contributed by atoms with van der Waals surface area (Å²) in [5.41, 5.74) is 1.59. The first-order valence-electron chi connectivity index (χ1n) is 12.7. The molecule has 1 aliphatic carbocycles. The number of hydrogen-bond donors (Lipinski definition) is 1. The quantitative estimate of drug-likeness (QED) is 0.549. The summed E-state index contributed by atoms with van der Waals surface area (Å²) in [5, 5.41) is 2.83. The summed E-state index contributed by atoms with van der Waals surface area (Å²) >= 11 is 0. The van der Waals surface area contributed by atoms with E-state index in [0.29, 0.717) is 41.8 Å². The average molecular weight is 505 g/mol. The number of ether oxygens (including phenoxy) is 2. The molecule has 9 heteroatoms. The van der Waals surface area contributed by atoms with Crippen LogP contribution in [0, 0.1) is 5.92 Å². The van der Waals surface area contributed by atoms with Gasteiger partial charge < -0.3 is 19.7 Å². The van der Waals surface area contributed by atoms with Gasteiger partial charge in [0.25, 0.3) is 5.91 Å². The van der Waals surface area contributed by atoms with Crippen molar-refractivity contribution < 1.29 is 30.2 Å². The fourth-order valence-electron chi connectivity index (χ4n) is 3.95. The molecule has 2 aromatic carbocycles. The molecule has 1 atom stereocenters. The average Bonchev–Trinajstić information content (AvgIpc) is 3.62. The predicted molar refractivity (Wildman–Crippen MR) is 136 cm³/mol. The Labute approximate surface area is 210 Å². The Balaban J connectivity index is 0.00000121. The zero-order chi connectivity index (χ0) is 27.4. The van der Waals surface area contributed by atoms with Crippen molar-refractivity contribution >= 4 is 27.3 Å². The van der Waals surface area contributed by atoms with E-state index in [-0.39, 0.29) is 23.9 Å². The standard InChI is InChI=1S/C24H28N2O6S.C2H6/c1-4-32-21-12-16(10-11-20(21)31-2)19(14-33(3,29)30)26-13-17-6-5-7-18(22(17)24(26)28)25-23(27)15-8-9-15;1-2/h5-7,10-12,15,19H,4,8-9,13-14H2,1-3H3,(H,25,27);1-2H3/t19-;/m1./s1/i19D;1D. The van der Waals surface area contributed by atoms with E-state index in [1.54, 1.807) is 50.2 Å². The van der Waals surface area contributed by atoms with Crippen LogP contribution in [0.4, 0.5) is 5.69 Å². The molecule has 35 heavy (non-hydrogen) atoms. The number of hydrogen-bond acceptors (Lipinski definition) is 6. The Hall–Kier alpha value is -3.07. The molecule has 190 valence electrons.